The summed E-state index contributed by atoms with van der Waals surface area (Å²) in [6, 6.07) is 0.0755. The van der Waals surface area contributed by atoms with Crippen molar-refractivity contribution in [3.05, 3.63) is 0 Å². The van der Waals surface area contributed by atoms with Gasteiger partial charge in [0.15, 0.2) is 0 Å². The summed E-state index contributed by atoms with van der Waals surface area (Å²) in [4.78, 5) is 27.4. The summed E-state index contributed by atoms with van der Waals surface area (Å²) < 4.78 is 0. The van der Waals surface area contributed by atoms with Crippen LogP contribution in [0.25, 0.3) is 0 Å². The third kappa shape index (κ3) is 2.44. The molecule has 102 valence electrons. The SMILES string of the molecule is CC1CCCN(C(=O)N2CCC(C)(C(N)=O)C2)C1. The highest BCUT2D eigenvalue weighted by Crippen LogP contribution is 2.30. The molecule has 2 aliphatic heterocycles. The molecule has 2 heterocycles. The molecule has 2 atom stereocenters. The Morgan fingerprint density at radius 1 is 1.28 bits per heavy atom. The molecule has 0 saturated carbocycles. The maximum absolute atomic E-state index is 12.4. The maximum Gasteiger partial charge on any atom is 0.320 e. The molecule has 0 spiro atoms. The molecule has 2 N–H and O–H groups in total. The number of hydrogen-bond acceptors (Lipinski definition) is 2. The van der Waals surface area contributed by atoms with Crippen LogP contribution in [0.3, 0.4) is 0 Å². The number of carbonyl (C=O) groups is 2. The molecule has 2 aliphatic rings. The molecule has 2 saturated heterocycles. The minimum Gasteiger partial charge on any atom is -0.369 e. The highest BCUT2D eigenvalue weighted by molar-refractivity contribution is 5.83. The lowest BCUT2D eigenvalue weighted by atomic mass is 9.89. The summed E-state index contributed by atoms with van der Waals surface area (Å²) in [5.74, 6) is 0.276. The van der Waals surface area contributed by atoms with E-state index < -0.39 is 5.41 Å². The molecule has 0 aromatic heterocycles. The minimum absolute atomic E-state index is 0.0755. The Morgan fingerprint density at radius 2 is 2.00 bits per heavy atom. The lowest BCUT2D eigenvalue weighted by Crippen LogP contribution is -2.47. The summed E-state index contributed by atoms with van der Waals surface area (Å²) in [7, 11) is 0. The fourth-order valence-corrected chi connectivity index (χ4v) is 2.89. The fourth-order valence-electron chi connectivity index (χ4n) is 2.89. The molecular weight excluding hydrogens is 230 g/mol. The van der Waals surface area contributed by atoms with Crippen molar-refractivity contribution in [2.24, 2.45) is 17.1 Å². The van der Waals surface area contributed by atoms with Gasteiger partial charge in [-0.3, -0.25) is 4.79 Å². The summed E-state index contributed by atoms with van der Waals surface area (Å²) in [5, 5.41) is 0. The molecule has 0 bridgehead atoms. The van der Waals surface area contributed by atoms with Gasteiger partial charge in [0, 0.05) is 26.2 Å². The first-order chi connectivity index (χ1) is 8.42. The molecule has 5 heteroatoms. The van der Waals surface area contributed by atoms with E-state index in [4.69, 9.17) is 5.73 Å². The third-order valence-corrected chi connectivity index (χ3v) is 4.27. The van der Waals surface area contributed by atoms with Crippen molar-refractivity contribution in [2.45, 2.75) is 33.1 Å². The molecule has 0 aliphatic carbocycles. The second kappa shape index (κ2) is 4.78. The predicted molar refractivity (Wildman–Crippen MR) is 68.9 cm³/mol. The Hall–Kier alpha value is -1.26. The largest absolute Gasteiger partial charge is 0.369 e. The number of primary amides is 1. The molecule has 3 amide bonds. The summed E-state index contributed by atoms with van der Waals surface area (Å²) in [6.07, 6.45) is 2.95. The zero-order valence-electron chi connectivity index (χ0n) is 11.3. The van der Waals surface area contributed by atoms with Gasteiger partial charge in [-0.2, -0.15) is 0 Å². The van der Waals surface area contributed by atoms with Crippen LogP contribution >= 0.6 is 0 Å². The van der Waals surface area contributed by atoms with E-state index in [-0.39, 0.29) is 11.9 Å². The first-order valence-corrected chi connectivity index (χ1v) is 6.76. The van der Waals surface area contributed by atoms with Crippen molar-refractivity contribution in [3.8, 4) is 0 Å². The van der Waals surface area contributed by atoms with E-state index in [0.29, 0.717) is 25.4 Å². The van der Waals surface area contributed by atoms with E-state index in [1.165, 1.54) is 6.42 Å². The zero-order valence-corrected chi connectivity index (χ0v) is 11.3. The summed E-state index contributed by atoms with van der Waals surface area (Å²) >= 11 is 0. The highest BCUT2D eigenvalue weighted by Gasteiger charge is 2.41. The monoisotopic (exact) mass is 253 g/mol. The maximum atomic E-state index is 12.4. The van der Waals surface area contributed by atoms with E-state index >= 15 is 0 Å². The van der Waals surface area contributed by atoms with Crippen LogP contribution in [0, 0.1) is 11.3 Å². The van der Waals surface area contributed by atoms with Gasteiger partial charge in [-0.15, -0.1) is 0 Å². The molecule has 5 nitrogen and oxygen atoms in total. The van der Waals surface area contributed by atoms with Crippen LogP contribution in [0.1, 0.15) is 33.1 Å². The van der Waals surface area contributed by atoms with Crippen LogP contribution in [-0.2, 0) is 4.79 Å². The third-order valence-electron chi connectivity index (χ3n) is 4.27. The number of nitrogens with two attached hydrogens (primary N) is 1. The van der Waals surface area contributed by atoms with Crippen LogP contribution in [0.2, 0.25) is 0 Å². The van der Waals surface area contributed by atoms with Crippen molar-refractivity contribution >= 4 is 11.9 Å². The van der Waals surface area contributed by atoms with Crippen molar-refractivity contribution in [1.82, 2.24) is 9.80 Å². The number of amides is 3. The second-order valence-corrected chi connectivity index (χ2v) is 6.07. The molecule has 2 unspecified atom stereocenters. The summed E-state index contributed by atoms with van der Waals surface area (Å²) in [6.45, 7) is 6.81. The molecule has 2 fully saturated rings. The van der Waals surface area contributed by atoms with E-state index in [1.54, 1.807) is 4.90 Å². The lowest BCUT2D eigenvalue weighted by molar-refractivity contribution is -0.126. The van der Waals surface area contributed by atoms with Gasteiger partial charge in [-0.1, -0.05) is 6.92 Å². The van der Waals surface area contributed by atoms with Gasteiger partial charge in [-0.05, 0) is 32.1 Å². The van der Waals surface area contributed by atoms with Gasteiger partial charge in [0.2, 0.25) is 5.91 Å². The Morgan fingerprint density at radius 3 is 2.56 bits per heavy atom. The Kier molecular flexibility index (Phi) is 3.50. The van der Waals surface area contributed by atoms with Crippen LogP contribution in [-0.4, -0.2) is 47.9 Å². The van der Waals surface area contributed by atoms with Crippen LogP contribution in [0.4, 0.5) is 4.79 Å². The lowest BCUT2D eigenvalue weighted by Gasteiger charge is -2.34. The Bertz CT molecular complexity index is 358. The molecule has 18 heavy (non-hydrogen) atoms. The standard InChI is InChI=1S/C13H23N3O2/c1-10-4-3-6-15(8-10)12(18)16-7-5-13(2,9-16)11(14)17/h10H,3-9H2,1-2H3,(H2,14,17). The van der Waals surface area contributed by atoms with Gasteiger partial charge in [0.1, 0.15) is 0 Å². The number of hydrogen-bond donors (Lipinski definition) is 1. The first kappa shape index (κ1) is 13.2. The smallest absolute Gasteiger partial charge is 0.320 e. The number of nitrogens with zero attached hydrogens (tertiary/aromatic N) is 2. The fraction of sp³-hybridized carbons (Fsp3) is 0.846. The molecule has 0 aromatic carbocycles. The molecule has 2 rings (SSSR count). The van der Waals surface area contributed by atoms with Crippen molar-refractivity contribution in [2.75, 3.05) is 26.2 Å². The highest BCUT2D eigenvalue weighted by atomic mass is 16.2. The number of likely N-dealkylation sites (tertiary alicyclic amines) is 2. The molecular formula is C13H23N3O2. The van der Waals surface area contributed by atoms with E-state index in [0.717, 1.165) is 19.5 Å². The van der Waals surface area contributed by atoms with Gasteiger partial charge < -0.3 is 15.5 Å². The first-order valence-electron chi connectivity index (χ1n) is 6.76. The van der Waals surface area contributed by atoms with Crippen molar-refractivity contribution in [1.29, 1.82) is 0 Å². The van der Waals surface area contributed by atoms with Gasteiger partial charge in [0.05, 0.1) is 5.41 Å². The van der Waals surface area contributed by atoms with E-state index in [1.807, 2.05) is 11.8 Å². The van der Waals surface area contributed by atoms with Crippen LogP contribution in [0.5, 0.6) is 0 Å². The van der Waals surface area contributed by atoms with Crippen LogP contribution in [0.15, 0.2) is 0 Å². The quantitative estimate of drug-likeness (QED) is 0.758. The Balaban J connectivity index is 1.97. The average Bonchev–Trinajstić information content (AvgIpc) is 2.72. The number of urea groups is 1. The normalized spacial score (nSPS) is 32.7. The predicted octanol–water partition coefficient (Wildman–Crippen LogP) is 1.04. The Labute approximate surface area is 108 Å². The van der Waals surface area contributed by atoms with Gasteiger partial charge in [0.25, 0.3) is 0 Å². The zero-order chi connectivity index (χ0) is 13.3. The van der Waals surface area contributed by atoms with E-state index in [9.17, 15) is 9.59 Å². The van der Waals surface area contributed by atoms with Gasteiger partial charge >= 0.3 is 6.03 Å². The van der Waals surface area contributed by atoms with Gasteiger partial charge in [-0.25, -0.2) is 4.79 Å². The average molecular weight is 253 g/mol. The van der Waals surface area contributed by atoms with Crippen LogP contribution < -0.4 is 5.73 Å². The molecule has 0 aromatic rings. The number of carbonyl (C=O) groups excluding carboxylic acids is 2. The van der Waals surface area contributed by atoms with Crippen molar-refractivity contribution < 1.29 is 9.59 Å². The minimum atomic E-state index is -0.545. The topological polar surface area (TPSA) is 66.6 Å². The van der Waals surface area contributed by atoms with E-state index in [2.05, 4.69) is 6.92 Å². The number of piperidine rings is 1. The second-order valence-electron chi connectivity index (χ2n) is 6.07. The van der Waals surface area contributed by atoms with Crippen molar-refractivity contribution in [3.63, 3.8) is 0 Å². The molecule has 0 radical (unpaired) electrons. The number of rotatable bonds is 1. The summed E-state index contributed by atoms with van der Waals surface area (Å²) in [5.41, 5.74) is 4.86.